The molecule has 0 saturated heterocycles. The lowest BCUT2D eigenvalue weighted by atomic mass is 10.3. The van der Waals surface area contributed by atoms with Crippen molar-refractivity contribution in [2.75, 3.05) is 7.11 Å². The van der Waals surface area contributed by atoms with E-state index >= 15 is 0 Å². The molecule has 2 aromatic heterocycles. The van der Waals surface area contributed by atoms with Gasteiger partial charge in [0.05, 0.1) is 18.0 Å². The van der Waals surface area contributed by atoms with Gasteiger partial charge >= 0.3 is 0 Å². The van der Waals surface area contributed by atoms with Gasteiger partial charge in [-0.2, -0.15) is 0 Å². The van der Waals surface area contributed by atoms with Crippen molar-refractivity contribution < 1.29 is 4.74 Å². The van der Waals surface area contributed by atoms with Gasteiger partial charge in [0.2, 0.25) is 0 Å². The predicted molar refractivity (Wildman–Crippen MR) is 53.3 cm³/mol. The number of hydrogen-bond donors (Lipinski definition) is 0. The molecule has 0 radical (unpaired) electrons. The van der Waals surface area contributed by atoms with E-state index in [1.54, 1.807) is 18.4 Å². The molecule has 13 heavy (non-hydrogen) atoms. The second kappa shape index (κ2) is 3.12. The Balaban J connectivity index is 2.67. The van der Waals surface area contributed by atoms with Crippen LogP contribution in [0.2, 0.25) is 0 Å². The molecule has 4 heteroatoms. The molecule has 2 heterocycles. The monoisotopic (exact) mass is 196 g/mol. The second-order valence-electron chi connectivity index (χ2n) is 3.07. The van der Waals surface area contributed by atoms with Crippen molar-refractivity contribution in [1.29, 1.82) is 0 Å². The van der Waals surface area contributed by atoms with Gasteiger partial charge in [-0.1, -0.05) is 0 Å². The average Bonchev–Trinajstić information content (AvgIpc) is 2.57. The molecule has 0 aliphatic heterocycles. The molecule has 0 amide bonds. The lowest BCUT2D eigenvalue weighted by molar-refractivity contribution is 0.180. The highest BCUT2D eigenvalue weighted by atomic mass is 32.1. The van der Waals surface area contributed by atoms with Gasteiger partial charge < -0.3 is 4.74 Å². The summed E-state index contributed by atoms with van der Waals surface area (Å²) in [5.41, 5.74) is 3.46. The fraction of sp³-hybridized carbons (Fsp3) is 0.444. The van der Waals surface area contributed by atoms with Crippen LogP contribution < -0.4 is 0 Å². The van der Waals surface area contributed by atoms with Crippen molar-refractivity contribution in [3.8, 4) is 0 Å². The Hall–Kier alpha value is -0.870. The second-order valence-corrected chi connectivity index (χ2v) is 3.91. The van der Waals surface area contributed by atoms with Crippen molar-refractivity contribution in [2.24, 2.45) is 0 Å². The van der Waals surface area contributed by atoms with E-state index in [1.165, 1.54) is 5.69 Å². The smallest absolute Gasteiger partial charge is 0.194 e. The summed E-state index contributed by atoms with van der Waals surface area (Å²) in [6.07, 6.45) is 0. The third-order valence-corrected chi connectivity index (χ3v) is 3.05. The fourth-order valence-corrected chi connectivity index (χ4v) is 2.41. The van der Waals surface area contributed by atoms with Gasteiger partial charge in [0, 0.05) is 18.2 Å². The molecule has 0 atom stereocenters. The average molecular weight is 196 g/mol. The Kier molecular flexibility index (Phi) is 2.09. The van der Waals surface area contributed by atoms with Crippen molar-refractivity contribution in [3.63, 3.8) is 0 Å². The first-order valence-electron chi connectivity index (χ1n) is 4.15. The number of nitrogens with zero attached hydrogens (tertiary/aromatic N) is 2. The van der Waals surface area contributed by atoms with Gasteiger partial charge in [-0.25, -0.2) is 4.98 Å². The standard InChI is InChI=1S/C9H12N2OS/c1-6-5-13-9-10-7(2)8(4-12-3)11(6)9/h5H,4H2,1-3H3. The van der Waals surface area contributed by atoms with Crippen molar-refractivity contribution in [2.45, 2.75) is 20.5 Å². The Morgan fingerprint density at radius 2 is 2.31 bits per heavy atom. The van der Waals surface area contributed by atoms with Gasteiger partial charge in [-0.3, -0.25) is 4.40 Å². The number of aromatic nitrogens is 2. The molecule has 0 unspecified atom stereocenters. The Bertz CT molecular complexity index is 430. The highest BCUT2D eigenvalue weighted by Gasteiger charge is 2.10. The van der Waals surface area contributed by atoms with E-state index in [0.29, 0.717) is 6.61 Å². The molecular formula is C9H12N2OS. The topological polar surface area (TPSA) is 26.5 Å². The SMILES string of the molecule is COCc1c(C)nc2scc(C)n12. The summed E-state index contributed by atoms with van der Waals surface area (Å²) < 4.78 is 7.30. The number of rotatable bonds is 2. The molecule has 0 aromatic carbocycles. The minimum Gasteiger partial charge on any atom is -0.378 e. The van der Waals surface area contributed by atoms with E-state index in [9.17, 15) is 0 Å². The van der Waals surface area contributed by atoms with Crippen LogP contribution >= 0.6 is 11.3 Å². The van der Waals surface area contributed by atoms with Crippen LogP contribution in [0.3, 0.4) is 0 Å². The zero-order chi connectivity index (χ0) is 9.42. The van der Waals surface area contributed by atoms with Crippen LogP contribution in [0.1, 0.15) is 17.1 Å². The first-order chi connectivity index (χ1) is 6.24. The molecule has 0 saturated carbocycles. The summed E-state index contributed by atoms with van der Waals surface area (Å²) in [4.78, 5) is 5.51. The number of fused-ring (bicyclic) bond motifs is 1. The minimum absolute atomic E-state index is 0.630. The van der Waals surface area contributed by atoms with Gasteiger partial charge in [-0.05, 0) is 13.8 Å². The number of hydrogen-bond acceptors (Lipinski definition) is 3. The number of ether oxygens (including phenoxy) is 1. The van der Waals surface area contributed by atoms with Gasteiger partial charge in [0.15, 0.2) is 4.96 Å². The van der Waals surface area contributed by atoms with E-state index in [4.69, 9.17) is 4.74 Å². The third kappa shape index (κ3) is 1.26. The van der Waals surface area contributed by atoms with Crippen LogP contribution in [0.15, 0.2) is 5.38 Å². The van der Waals surface area contributed by atoms with E-state index < -0.39 is 0 Å². The first kappa shape index (κ1) is 8.72. The van der Waals surface area contributed by atoms with Crippen LogP contribution in [0.25, 0.3) is 4.96 Å². The van der Waals surface area contributed by atoms with Crippen LogP contribution in [0.5, 0.6) is 0 Å². The molecule has 0 fully saturated rings. The highest BCUT2D eigenvalue weighted by Crippen LogP contribution is 2.20. The lowest BCUT2D eigenvalue weighted by Gasteiger charge is -2.00. The number of imidazole rings is 1. The predicted octanol–water partition coefficient (Wildman–Crippen LogP) is 2.16. The maximum absolute atomic E-state index is 5.14. The van der Waals surface area contributed by atoms with E-state index in [1.807, 2.05) is 6.92 Å². The molecule has 0 N–H and O–H groups in total. The molecule has 0 bridgehead atoms. The Morgan fingerprint density at radius 3 is 3.00 bits per heavy atom. The van der Waals surface area contributed by atoms with E-state index in [-0.39, 0.29) is 0 Å². The van der Waals surface area contributed by atoms with Crippen molar-refractivity contribution >= 4 is 16.3 Å². The highest BCUT2D eigenvalue weighted by molar-refractivity contribution is 7.15. The first-order valence-corrected chi connectivity index (χ1v) is 5.03. The summed E-state index contributed by atoms with van der Waals surface area (Å²) in [5.74, 6) is 0. The summed E-state index contributed by atoms with van der Waals surface area (Å²) >= 11 is 1.67. The fourth-order valence-electron chi connectivity index (χ4n) is 1.47. The maximum Gasteiger partial charge on any atom is 0.194 e. The van der Waals surface area contributed by atoms with Gasteiger partial charge in [-0.15, -0.1) is 11.3 Å². The Labute approximate surface area is 81.0 Å². The van der Waals surface area contributed by atoms with Crippen LogP contribution in [-0.4, -0.2) is 16.5 Å². The van der Waals surface area contributed by atoms with Gasteiger partial charge in [0.25, 0.3) is 0 Å². The molecule has 2 rings (SSSR count). The minimum atomic E-state index is 0.630. The molecule has 70 valence electrons. The van der Waals surface area contributed by atoms with Gasteiger partial charge in [0.1, 0.15) is 0 Å². The summed E-state index contributed by atoms with van der Waals surface area (Å²) in [6.45, 7) is 4.74. The van der Waals surface area contributed by atoms with Crippen molar-refractivity contribution in [3.05, 3.63) is 22.5 Å². The van der Waals surface area contributed by atoms with E-state index in [0.717, 1.165) is 16.3 Å². The Morgan fingerprint density at radius 1 is 1.54 bits per heavy atom. The molecule has 0 aliphatic carbocycles. The normalized spacial score (nSPS) is 11.3. The lowest BCUT2D eigenvalue weighted by Crippen LogP contribution is -1.96. The van der Waals surface area contributed by atoms with Crippen LogP contribution in [0, 0.1) is 13.8 Å². The molecule has 2 aromatic rings. The molecular weight excluding hydrogens is 184 g/mol. The van der Waals surface area contributed by atoms with Crippen LogP contribution in [-0.2, 0) is 11.3 Å². The number of aryl methyl sites for hydroxylation is 2. The molecule has 3 nitrogen and oxygen atoms in total. The largest absolute Gasteiger partial charge is 0.378 e. The quantitative estimate of drug-likeness (QED) is 0.735. The maximum atomic E-state index is 5.14. The van der Waals surface area contributed by atoms with E-state index in [2.05, 4.69) is 21.7 Å². The van der Waals surface area contributed by atoms with Crippen molar-refractivity contribution in [1.82, 2.24) is 9.38 Å². The zero-order valence-corrected chi connectivity index (χ0v) is 8.81. The summed E-state index contributed by atoms with van der Waals surface area (Å²) in [5, 5.41) is 2.11. The van der Waals surface area contributed by atoms with Crippen LogP contribution in [0.4, 0.5) is 0 Å². The molecule has 0 spiro atoms. The summed E-state index contributed by atoms with van der Waals surface area (Å²) in [6, 6.07) is 0. The summed E-state index contributed by atoms with van der Waals surface area (Å²) in [7, 11) is 1.71. The zero-order valence-electron chi connectivity index (χ0n) is 8.00. The number of methoxy groups -OCH3 is 1. The number of thiazole rings is 1. The third-order valence-electron chi connectivity index (χ3n) is 2.11. The molecule has 0 aliphatic rings.